The molecule has 0 bridgehead atoms. The van der Waals surface area contributed by atoms with E-state index in [1.54, 1.807) is 42.4 Å². The van der Waals surface area contributed by atoms with Gasteiger partial charge < -0.3 is 4.90 Å². The Kier molecular flexibility index (Phi) is 6.28. The number of pyridine rings is 1. The molecule has 1 unspecified atom stereocenters. The molecule has 1 aromatic heterocycles. The van der Waals surface area contributed by atoms with Crippen molar-refractivity contribution in [1.29, 1.82) is 0 Å². The van der Waals surface area contributed by atoms with Gasteiger partial charge in [0, 0.05) is 29.4 Å². The van der Waals surface area contributed by atoms with Gasteiger partial charge in [0.1, 0.15) is 0 Å². The number of halogens is 2. The number of likely N-dealkylation sites (N-methyl/N-ethyl adjacent to an activating group) is 1. The molecule has 0 fully saturated rings. The van der Waals surface area contributed by atoms with Crippen LogP contribution in [0.4, 0.5) is 0 Å². The molecule has 3 nitrogen and oxygen atoms in total. The summed E-state index contributed by atoms with van der Waals surface area (Å²) in [4.78, 5) is 18.9. The molecule has 0 aliphatic rings. The van der Waals surface area contributed by atoms with Gasteiger partial charge in [-0.1, -0.05) is 59.6 Å². The second-order valence-electron chi connectivity index (χ2n) is 6.02. The maximum Gasteiger partial charge on any atom is 0.247 e. The molecule has 0 spiro atoms. The van der Waals surface area contributed by atoms with Crippen LogP contribution in [0, 0.1) is 0 Å². The first-order valence-corrected chi connectivity index (χ1v) is 9.17. The maximum atomic E-state index is 12.8. The molecule has 2 aromatic carbocycles. The quantitative estimate of drug-likeness (QED) is 0.522. The smallest absolute Gasteiger partial charge is 0.247 e. The highest BCUT2D eigenvalue weighted by molar-refractivity contribution is 6.34. The lowest BCUT2D eigenvalue weighted by atomic mass is 10.0. The molecule has 136 valence electrons. The molecule has 1 amide bonds. The molecule has 0 aliphatic heterocycles. The zero-order valence-electron chi connectivity index (χ0n) is 14.7. The van der Waals surface area contributed by atoms with Crippen LogP contribution in [-0.4, -0.2) is 22.8 Å². The number of amides is 1. The van der Waals surface area contributed by atoms with Crippen molar-refractivity contribution < 1.29 is 4.79 Å². The first-order chi connectivity index (χ1) is 13.1. The maximum absolute atomic E-state index is 12.8. The summed E-state index contributed by atoms with van der Waals surface area (Å²) in [6, 6.07) is 20.4. The van der Waals surface area contributed by atoms with E-state index in [-0.39, 0.29) is 11.9 Å². The third-order valence-electron chi connectivity index (χ3n) is 4.18. The average molecular weight is 397 g/mol. The molecule has 0 radical (unpaired) electrons. The first kappa shape index (κ1) is 19.2. The summed E-state index contributed by atoms with van der Waals surface area (Å²) >= 11 is 12.2. The molecule has 0 saturated carbocycles. The molecule has 0 saturated heterocycles. The van der Waals surface area contributed by atoms with E-state index in [9.17, 15) is 4.79 Å². The molecular weight excluding hydrogens is 379 g/mol. The van der Waals surface area contributed by atoms with Gasteiger partial charge in [0.25, 0.3) is 0 Å². The number of nitrogens with zero attached hydrogens (tertiary/aromatic N) is 2. The zero-order valence-corrected chi connectivity index (χ0v) is 16.2. The van der Waals surface area contributed by atoms with Gasteiger partial charge in [0.15, 0.2) is 0 Å². The lowest BCUT2D eigenvalue weighted by molar-refractivity contribution is -0.126. The molecule has 0 aliphatic carbocycles. The summed E-state index contributed by atoms with van der Waals surface area (Å²) in [6.07, 6.45) is 4.90. The highest BCUT2D eigenvalue weighted by Crippen LogP contribution is 2.27. The van der Waals surface area contributed by atoms with Gasteiger partial charge in [-0.3, -0.25) is 9.78 Å². The van der Waals surface area contributed by atoms with Crippen LogP contribution in [0.3, 0.4) is 0 Å². The molecular formula is C22H18Cl2N2O. The molecule has 1 heterocycles. The minimum atomic E-state index is -0.292. The van der Waals surface area contributed by atoms with Crippen molar-refractivity contribution in [2.24, 2.45) is 0 Å². The Labute approximate surface area is 168 Å². The highest BCUT2D eigenvalue weighted by atomic mass is 35.5. The monoisotopic (exact) mass is 396 g/mol. The zero-order chi connectivity index (χ0) is 19.2. The van der Waals surface area contributed by atoms with E-state index in [0.717, 1.165) is 11.3 Å². The third kappa shape index (κ3) is 4.76. The summed E-state index contributed by atoms with van der Waals surface area (Å²) in [6.45, 7) is 0. The van der Waals surface area contributed by atoms with E-state index < -0.39 is 0 Å². The van der Waals surface area contributed by atoms with E-state index in [1.807, 2.05) is 48.5 Å². The van der Waals surface area contributed by atoms with Crippen LogP contribution in [0.25, 0.3) is 6.08 Å². The lowest BCUT2D eigenvalue weighted by Crippen LogP contribution is -2.31. The van der Waals surface area contributed by atoms with Crippen LogP contribution < -0.4 is 0 Å². The molecule has 1 atom stereocenters. The number of carbonyl (C=O) groups is 1. The van der Waals surface area contributed by atoms with Crippen LogP contribution in [0.1, 0.15) is 22.9 Å². The standard InChI is InChI=1S/C22H18Cl2N2O/c1-26(21(27)13-10-17-15-18(23)11-12-19(17)24)22(16-7-3-2-4-8-16)20-9-5-6-14-25-20/h2-15,22H,1H3. The van der Waals surface area contributed by atoms with Crippen molar-refractivity contribution >= 4 is 35.2 Å². The number of hydrogen-bond donors (Lipinski definition) is 0. The van der Waals surface area contributed by atoms with Crippen molar-refractivity contribution in [3.8, 4) is 0 Å². The second kappa shape index (κ2) is 8.85. The number of benzene rings is 2. The minimum Gasteiger partial charge on any atom is -0.329 e. The third-order valence-corrected chi connectivity index (χ3v) is 4.76. The van der Waals surface area contributed by atoms with Crippen LogP contribution in [0.5, 0.6) is 0 Å². The van der Waals surface area contributed by atoms with E-state index in [4.69, 9.17) is 23.2 Å². The van der Waals surface area contributed by atoms with Crippen LogP contribution in [0.2, 0.25) is 10.0 Å². The molecule has 3 aromatic rings. The van der Waals surface area contributed by atoms with Gasteiger partial charge in [0.2, 0.25) is 5.91 Å². The number of carbonyl (C=O) groups excluding carboxylic acids is 1. The van der Waals surface area contributed by atoms with Crippen molar-refractivity contribution in [2.45, 2.75) is 6.04 Å². The van der Waals surface area contributed by atoms with Gasteiger partial charge in [0.05, 0.1) is 11.7 Å². The van der Waals surface area contributed by atoms with E-state index in [0.29, 0.717) is 15.6 Å². The number of hydrogen-bond acceptors (Lipinski definition) is 2. The fourth-order valence-corrected chi connectivity index (χ4v) is 3.18. The second-order valence-corrected chi connectivity index (χ2v) is 6.86. The Balaban J connectivity index is 1.90. The molecule has 0 N–H and O–H groups in total. The van der Waals surface area contributed by atoms with Gasteiger partial charge >= 0.3 is 0 Å². The van der Waals surface area contributed by atoms with Crippen LogP contribution in [-0.2, 0) is 4.79 Å². The van der Waals surface area contributed by atoms with Gasteiger partial charge in [-0.25, -0.2) is 0 Å². The molecule has 27 heavy (non-hydrogen) atoms. The van der Waals surface area contributed by atoms with E-state index >= 15 is 0 Å². The number of aromatic nitrogens is 1. The van der Waals surface area contributed by atoms with Crippen molar-refractivity contribution in [2.75, 3.05) is 7.05 Å². The topological polar surface area (TPSA) is 33.2 Å². The highest BCUT2D eigenvalue weighted by Gasteiger charge is 2.23. The SMILES string of the molecule is CN(C(=O)C=Cc1cc(Cl)ccc1Cl)C(c1ccccc1)c1ccccn1. The lowest BCUT2D eigenvalue weighted by Gasteiger charge is -2.27. The van der Waals surface area contributed by atoms with Gasteiger partial charge in [-0.15, -0.1) is 0 Å². The summed E-state index contributed by atoms with van der Waals surface area (Å²) in [5.74, 6) is -0.162. The van der Waals surface area contributed by atoms with Crippen molar-refractivity contribution in [1.82, 2.24) is 9.88 Å². The normalized spacial score (nSPS) is 12.1. The van der Waals surface area contributed by atoms with E-state index in [1.165, 1.54) is 6.08 Å². The Hall–Kier alpha value is -2.62. The summed E-state index contributed by atoms with van der Waals surface area (Å²) in [7, 11) is 1.76. The molecule has 3 rings (SSSR count). The first-order valence-electron chi connectivity index (χ1n) is 8.42. The average Bonchev–Trinajstić information content (AvgIpc) is 2.70. The summed E-state index contributed by atoms with van der Waals surface area (Å²) in [5, 5.41) is 1.10. The summed E-state index contributed by atoms with van der Waals surface area (Å²) in [5.41, 5.74) is 2.48. The Morgan fingerprint density at radius 3 is 2.48 bits per heavy atom. The number of rotatable bonds is 5. The van der Waals surface area contributed by atoms with Gasteiger partial charge in [-0.05, 0) is 47.5 Å². The Morgan fingerprint density at radius 1 is 1.04 bits per heavy atom. The predicted molar refractivity (Wildman–Crippen MR) is 111 cm³/mol. The van der Waals surface area contributed by atoms with Gasteiger partial charge in [-0.2, -0.15) is 0 Å². The predicted octanol–water partition coefficient (Wildman–Crippen LogP) is 5.65. The van der Waals surface area contributed by atoms with Crippen LogP contribution >= 0.6 is 23.2 Å². The minimum absolute atomic E-state index is 0.162. The van der Waals surface area contributed by atoms with Crippen molar-refractivity contribution in [3.05, 3.63) is 106 Å². The largest absolute Gasteiger partial charge is 0.329 e. The van der Waals surface area contributed by atoms with E-state index in [2.05, 4.69) is 4.98 Å². The fourth-order valence-electron chi connectivity index (χ4n) is 2.81. The Morgan fingerprint density at radius 2 is 1.78 bits per heavy atom. The summed E-state index contributed by atoms with van der Waals surface area (Å²) < 4.78 is 0. The Bertz CT molecular complexity index is 904. The van der Waals surface area contributed by atoms with Crippen LogP contribution in [0.15, 0.2) is 79.0 Å². The fraction of sp³-hybridized carbons (Fsp3) is 0.0909. The molecule has 5 heteroatoms. The van der Waals surface area contributed by atoms with Crippen molar-refractivity contribution in [3.63, 3.8) is 0 Å².